The number of rotatable bonds is 10. The number of oxime groups is 1. The largest absolute Gasteiger partial charge is 0.477 e. The maximum atomic E-state index is 13.0. The Balaban J connectivity index is 1.51. The van der Waals surface area contributed by atoms with Gasteiger partial charge in [-0.25, -0.2) is 9.78 Å². The first-order chi connectivity index (χ1) is 16.8. The van der Waals surface area contributed by atoms with Gasteiger partial charge in [-0.15, -0.1) is 22.0 Å². The van der Waals surface area contributed by atoms with Gasteiger partial charge in [-0.1, -0.05) is 63.8 Å². The minimum Gasteiger partial charge on any atom is -0.477 e. The molecule has 1 unspecified atom stereocenters. The molecule has 2 aromatic heterocycles. The van der Waals surface area contributed by atoms with Crippen molar-refractivity contribution in [3.63, 3.8) is 0 Å². The van der Waals surface area contributed by atoms with Crippen LogP contribution in [0.15, 0.2) is 38.9 Å². The van der Waals surface area contributed by atoms with Crippen molar-refractivity contribution in [3.8, 4) is 0 Å². The van der Waals surface area contributed by atoms with Crippen LogP contribution in [0.5, 0.6) is 0 Å². The van der Waals surface area contributed by atoms with Crippen LogP contribution < -0.4 is 11.1 Å². The van der Waals surface area contributed by atoms with Crippen molar-refractivity contribution in [1.29, 1.82) is 0 Å². The Kier molecular flexibility index (Phi) is 7.95. The van der Waals surface area contributed by atoms with Crippen molar-refractivity contribution in [3.05, 3.63) is 39.5 Å². The molecule has 12 nitrogen and oxygen atoms in total. The fourth-order valence-corrected chi connectivity index (χ4v) is 7.09. The number of carboxylic acid groups (broad SMARTS) is 1. The molecule has 35 heavy (non-hydrogen) atoms. The van der Waals surface area contributed by atoms with Crippen LogP contribution in [0.4, 0.5) is 5.13 Å². The molecule has 4 rings (SSSR count). The summed E-state index contributed by atoms with van der Waals surface area (Å²) in [4.78, 5) is 48.2. The van der Waals surface area contributed by atoms with Crippen LogP contribution in [0.2, 0.25) is 4.34 Å². The van der Waals surface area contributed by atoms with Gasteiger partial charge in [-0.2, -0.15) is 0 Å². The van der Waals surface area contributed by atoms with E-state index < -0.39 is 29.2 Å². The summed E-state index contributed by atoms with van der Waals surface area (Å²) < 4.78 is 0.821. The zero-order chi connectivity index (χ0) is 25.1. The van der Waals surface area contributed by atoms with Crippen molar-refractivity contribution in [1.82, 2.24) is 25.4 Å². The average molecular weight is 574 g/mol. The number of nitrogens with zero attached hydrogens (tertiary/aromatic N) is 5. The van der Waals surface area contributed by atoms with Crippen molar-refractivity contribution < 1.29 is 24.3 Å². The van der Waals surface area contributed by atoms with Gasteiger partial charge in [0.25, 0.3) is 11.8 Å². The number of hydrogen-bond donors (Lipinski definition) is 3. The third-order valence-electron chi connectivity index (χ3n) is 4.64. The molecule has 0 aliphatic carbocycles. The van der Waals surface area contributed by atoms with Crippen LogP contribution in [0.25, 0.3) is 0 Å². The zero-order valence-corrected chi connectivity index (χ0v) is 21.6. The Morgan fingerprint density at radius 1 is 1.51 bits per heavy atom. The Hall–Kier alpha value is -2.66. The van der Waals surface area contributed by atoms with Crippen molar-refractivity contribution in [2.24, 2.45) is 5.16 Å². The molecular weight excluding hydrogens is 558 g/mol. The molecular formula is C18H16ClN7O5S4. The van der Waals surface area contributed by atoms with E-state index in [-0.39, 0.29) is 33.2 Å². The molecule has 4 N–H and O–H groups in total. The molecule has 184 valence electrons. The first-order valence-corrected chi connectivity index (χ1v) is 13.8. The quantitative estimate of drug-likeness (QED) is 0.0941. The number of β-lactam (4-membered cyclic amide) rings is 1. The Bertz CT molecular complexity index is 1230. The Morgan fingerprint density at radius 3 is 2.94 bits per heavy atom. The molecule has 2 aliphatic heterocycles. The van der Waals surface area contributed by atoms with E-state index in [9.17, 15) is 19.5 Å². The third kappa shape index (κ3) is 5.30. The summed E-state index contributed by atoms with van der Waals surface area (Å²) in [5, 5.41) is 23.4. The van der Waals surface area contributed by atoms with Crippen molar-refractivity contribution >= 4 is 86.4 Å². The number of halogens is 1. The molecule has 0 bridgehead atoms. The highest BCUT2D eigenvalue weighted by Crippen LogP contribution is 2.41. The average Bonchev–Trinajstić information content (AvgIpc) is 3.46. The predicted octanol–water partition coefficient (Wildman–Crippen LogP) is 1.67. The van der Waals surface area contributed by atoms with Gasteiger partial charge in [0.2, 0.25) is 0 Å². The summed E-state index contributed by atoms with van der Waals surface area (Å²) in [6.07, 6.45) is 1.43. The molecule has 2 aliphatic rings. The molecule has 4 heterocycles. The number of nitrogens with two attached hydrogens (primary N) is 1. The highest BCUT2D eigenvalue weighted by atomic mass is 35.5. The van der Waals surface area contributed by atoms with E-state index in [4.69, 9.17) is 22.2 Å². The lowest BCUT2D eigenvalue weighted by Crippen LogP contribution is -2.71. The molecule has 2 amide bonds. The summed E-state index contributed by atoms with van der Waals surface area (Å²) in [7, 11) is 0. The van der Waals surface area contributed by atoms with Gasteiger partial charge in [0.15, 0.2) is 15.2 Å². The second-order valence-electron chi connectivity index (χ2n) is 6.81. The van der Waals surface area contributed by atoms with Gasteiger partial charge < -0.3 is 21.0 Å². The second kappa shape index (κ2) is 10.9. The molecule has 0 radical (unpaired) electrons. The van der Waals surface area contributed by atoms with E-state index in [1.54, 1.807) is 5.51 Å². The fourth-order valence-electron chi connectivity index (χ4n) is 3.19. The molecule has 2 aromatic rings. The molecule has 1 fully saturated rings. The molecule has 1 saturated heterocycles. The van der Waals surface area contributed by atoms with E-state index in [0.29, 0.717) is 21.4 Å². The number of hydrogen-bond acceptors (Lipinski definition) is 13. The van der Waals surface area contributed by atoms with Crippen LogP contribution >= 0.6 is 57.8 Å². The number of carbonyl (C=O) groups excluding carboxylic acids is 2. The molecule has 17 heteroatoms. The van der Waals surface area contributed by atoms with E-state index in [1.165, 1.54) is 45.8 Å². The standard InChI is InChI=1S/C18H16ClN7O5S4/c1-2-3-31-25-9(8-12(19)35-17(20)23-8)13(27)22-10-14(28)26-11(16(29)30)7(4-32-15(10)26)5-33-18-24-21-6-34-18/h2,6,10,15H,1,3-5H2,(H2,20,23)(H,22,27)(H,29,30)/b25-9+/t10?,15-/m1/s1. The number of amides is 2. The summed E-state index contributed by atoms with van der Waals surface area (Å²) in [5.41, 5.74) is 7.51. The normalized spacial score (nSPS) is 19.7. The number of thiazole rings is 1. The number of anilines is 1. The topological polar surface area (TPSA) is 173 Å². The van der Waals surface area contributed by atoms with Crippen molar-refractivity contribution in [2.45, 2.75) is 15.8 Å². The van der Waals surface area contributed by atoms with Crippen molar-refractivity contribution in [2.75, 3.05) is 23.8 Å². The molecule has 0 aromatic carbocycles. The fraction of sp³-hybridized carbons (Fsp3) is 0.278. The number of aromatic nitrogens is 3. The molecule has 0 saturated carbocycles. The van der Waals surface area contributed by atoms with Gasteiger partial charge in [0.1, 0.15) is 39.3 Å². The molecule has 2 atom stereocenters. The molecule has 0 spiro atoms. The number of fused-ring (bicyclic) bond motifs is 1. The number of carboxylic acids is 1. The SMILES string of the molecule is C=CCO/N=C(/C(=O)NC1C(=O)N2C(C(=O)O)=C(CSc3nncs3)CS[C@H]12)c1nc(N)sc1Cl. The third-order valence-corrected chi connectivity index (χ3v) is 9.01. The lowest BCUT2D eigenvalue weighted by atomic mass is 10.0. The summed E-state index contributed by atoms with van der Waals surface area (Å²) in [6.45, 7) is 3.53. The van der Waals surface area contributed by atoms with Gasteiger partial charge in [0, 0.05) is 11.5 Å². The lowest BCUT2D eigenvalue weighted by Gasteiger charge is -2.49. The van der Waals surface area contributed by atoms with Gasteiger partial charge >= 0.3 is 5.97 Å². The highest BCUT2D eigenvalue weighted by Gasteiger charge is 2.54. The number of nitrogen functional groups attached to an aromatic ring is 1. The van der Waals surface area contributed by atoms with Crippen LogP contribution in [0.3, 0.4) is 0 Å². The first-order valence-electron chi connectivity index (χ1n) is 9.64. The minimum absolute atomic E-state index is 0.0118. The lowest BCUT2D eigenvalue weighted by molar-refractivity contribution is -0.150. The van der Waals surface area contributed by atoms with Crippen LogP contribution in [0, 0.1) is 0 Å². The number of aliphatic carboxylic acids is 1. The van der Waals surface area contributed by atoms with Crippen LogP contribution in [0.1, 0.15) is 5.69 Å². The van der Waals surface area contributed by atoms with Gasteiger partial charge in [-0.3, -0.25) is 14.5 Å². The van der Waals surface area contributed by atoms with Gasteiger partial charge in [-0.05, 0) is 5.57 Å². The van der Waals surface area contributed by atoms with Crippen LogP contribution in [-0.2, 0) is 19.2 Å². The van der Waals surface area contributed by atoms with Crippen LogP contribution in [-0.4, -0.2) is 78.2 Å². The van der Waals surface area contributed by atoms with E-state index in [1.807, 2.05) is 0 Å². The number of carbonyl (C=O) groups is 3. The van der Waals surface area contributed by atoms with E-state index in [2.05, 4.69) is 32.2 Å². The summed E-state index contributed by atoms with van der Waals surface area (Å²) in [5.74, 6) is -1.82. The summed E-state index contributed by atoms with van der Waals surface area (Å²) >= 11 is 11.1. The maximum absolute atomic E-state index is 13.0. The predicted molar refractivity (Wildman–Crippen MR) is 135 cm³/mol. The Morgan fingerprint density at radius 2 is 2.31 bits per heavy atom. The Labute approximate surface area is 219 Å². The minimum atomic E-state index is -1.22. The van der Waals surface area contributed by atoms with Gasteiger partial charge in [0.05, 0.1) is 0 Å². The second-order valence-corrected chi connectivity index (χ2v) is 11.6. The van der Waals surface area contributed by atoms with E-state index >= 15 is 0 Å². The van der Waals surface area contributed by atoms with E-state index in [0.717, 1.165) is 11.3 Å². The zero-order valence-electron chi connectivity index (χ0n) is 17.5. The summed E-state index contributed by atoms with van der Waals surface area (Å²) in [6, 6.07) is -0.974. The smallest absolute Gasteiger partial charge is 0.352 e. The maximum Gasteiger partial charge on any atom is 0.352 e. The monoisotopic (exact) mass is 573 g/mol. The number of thioether (sulfide) groups is 2. The number of nitrogens with one attached hydrogen (secondary N) is 1. The highest BCUT2D eigenvalue weighted by molar-refractivity contribution is 8.01. The first kappa shape index (κ1) is 25.4.